The molecule has 0 aliphatic carbocycles. The summed E-state index contributed by atoms with van der Waals surface area (Å²) in [5.74, 6) is 1.38. The first-order valence-electron chi connectivity index (χ1n) is 5.14. The Bertz CT molecular complexity index is 434. The van der Waals surface area contributed by atoms with E-state index in [1.54, 1.807) is 7.11 Å². The lowest BCUT2D eigenvalue weighted by Crippen LogP contribution is -1.90. The molecule has 1 nitrogen and oxygen atoms in total. The zero-order valence-electron chi connectivity index (χ0n) is 9.11. The largest absolute Gasteiger partial charge is 0.496 e. The number of rotatable bonds is 3. The van der Waals surface area contributed by atoms with Gasteiger partial charge in [-0.1, -0.05) is 42.5 Å². The van der Waals surface area contributed by atoms with E-state index in [4.69, 9.17) is 16.3 Å². The van der Waals surface area contributed by atoms with Gasteiger partial charge in [-0.3, -0.25) is 0 Å². The first kappa shape index (κ1) is 11.0. The molecule has 0 spiro atoms. The summed E-state index contributed by atoms with van der Waals surface area (Å²) in [7, 11) is 1.68. The van der Waals surface area contributed by atoms with Crippen LogP contribution in [0.5, 0.6) is 5.75 Å². The highest BCUT2D eigenvalue weighted by atomic mass is 35.5. The van der Waals surface area contributed by atoms with Crippen molar-refractivity contribution in [3.63, 3.8) is 0 Å². The van der Waals surface area contributed by atoms with Crippen molar-refractivity contribution in [1.82, 2.24) is 0 Å². The van der Waals surface area contributed by atoms with Crippen molar-refractivity contribution in [2.45, 2.75) is 5.88 Å². The van der Waals surface area contributed by atoms with Crippen molar-refractivity contribution < 1.29 is 4.74 Å². The molecule has 0 aromatic heterocycles. The molecule has 2 aromatic rings. The molecule has 82 valence electrons. The molecule has 2 aromatic carbocycles. The molecule has 0 N–H and O–H groups in total. The standard InChI is InChI=1S/C14H13ClO/c1-16-14-9-5-4-8-13(14)12-7-3-2-6-11(12)10-15/h2-9H,10H2,1H3. The van der Waals surface area contributed by atoms with Gasteiger partial charge in [-0.2, -0.15) is 0 Å². The van der Waals surface area contributed by atoms with Crippen molar-refractivity contribution in [1.29, 1.82) is 0 Å². The van der Waals surface area contributed by atoms with Gasteiger partial charge in [0.2, 0.25) is 0 Å². The first-order valence-corrected chi connectivity index (χ1v) is 5.67. The number of ether oxygens (including phenoxy) is 1. The van der Waals surface area contributed by atoms with E-state index in [1.165, 1.54) is 0 Å². The first-order chi connectivity index (χ1) is 7.86. The molecule has 0 bridgehead atoms. The average molecular weight is 233 g/mol. The van der Waals surface area contributed by atoms with Crippen LogP contribution in [-0.4, -0.2) is 7.11 Å². The molecule has 0 atom stereocenters. The number of alkyl halides is 1. The van der Waals surface area contributed by atoms with E-state index in [0.29, 0.717) is 5.88 Å². The number of hydrogen-bond acceptors (Lipinski definition) is 1. The van der Waals surface area contributed by atoms with E-state index in [-0.39, 0.29) is 0 Å². The summed E-state index contributed by atoms with van der Waals surface area (Å²) in [6.07, 6.45) is 0. The normalized spacial score (nSPS) is 10.1. The summed E-state index contributed by atoms with van der Waals surface area (Å²) in [6.45, 7) is 0. The predicted octanol–water partition coefficient (Wildman–Crippen LogP) is 4.10. The third-order valence-electron chi connectivity index (χ3n) is 2.56. The van der Waals surface area contributed by atoms with Crippen LogP contribution in [0.4, 0.5) is 0 Å². The van der Waals surface area contributed by atoms with Gasteiger partial charge in [-0.05, 0) is 17.2 Å². The smallest absolute Gasteiger partial charge is 0.126 e. The third kappa shape index (κ3) is 2.05. The van der Waals surface area contributed by atoms with Crippen molar-refractivity contribution in [3.05, 3.63) is 54.1 Å². The minimum Gasteiger partial charge on any atom is -0.496 e. The average Bonchev–Trinajstić information content (AvgIpc) is 2.38. The molecule has 0 saturated heterocycles. The van der Waals surface area contributed by atoms with Crippen LogP contribution >= 0.6 is 11.6 Å². The highest BCUT2D eigenvalue weighted by molar-refractivity contribution is 6.17. The lowest BCUT2D eigenvalue weighted by Gasteiger charge is -2.11. The summed E-state index contributed by atoms with van der Waals surface area (Å²) in [4.78, 5) is 0. The lowest BCUT2D eigenvalue weighted by molar-refractivity contribution is 0.416. The highest BCUT2D eigenvalue weighted by Gasteiger charge is 2.07. The van der Waals surface area contributed by atoms with Crippen LogP contribution in [0.3, 0.4) is 0 Å². The summed E-state index contributed by atoms with van der Waals surface area (Å²) in [6, 6.07) is 16.1. The maximum Gasteiger partial charge on any atom is 0.126 e. The van der Waals surface area contributed by atoms with Crippen LogP contribution in [0.2, 0.25) is 0 Å². The molecular formula is C14H13ClO. The Balaban J connectivity index is 2.58. The Labute approximate surface area is 101 Å². The quantitative estimate of drug-likeness (QED) is 0.724. The fourth-order valence-corrected chi connectivity index (χ4v) is 2.00. The number of hydrogen-bond donors (Lipinski definition) is 0. The Kier molecular flexibility index (Phi) is 3.47. The van der Waals surface area contributed by atoms with Crippen molar-refractivity contribution in [2.75, 3.05) is 7.11 Å². The topological polar surface area (TPSA) is 9.23 Å². The molecule has 2 heteroatoms. The summed E-state index contributed by atoms with van der Waals surface area (Å²) in [5.41, 5.74) is 3.34. The van der Waals surface area contributed by atoms with E-state index in [9.17, 15) is 0 Å². The summed E-state index contributed by atoms with van der Waals surface area (Å²) >= 11 is 5.94. The molecule has 0 heterocycles. The van der Waals surface area contributed by atoms with Crippen molar-refractivity contribution in [3.8, 4) is 16.9 Å². The second-order valence-electron chi connectivity index (χ2n) is 3.49. The molecular weight excluding hydrogens is 220 g/mol. The second kappa shape index (κ2) is 5.04. The van der Waals surface area contributed by atoms with Gasteiger partial charge in [0, 0.05) is 11.4 Å². The van der Waals surface area contributed by atoms with E-state index in [1.807, 2.05) is 42.5 Å². The number of halogens is 1. The Morgan fingerprint density at radius 1 is 0.938 bits per heavy atom. The van der Waals surface area contributed by atoms with Crippen LogP contribution in [0.25, 0.3) is 11.1 Å². The minimum atomic E-state index is 0.508. The number of benzene rings is 2. The fraction of sp³-hybridized carbons (Fsp3) is 0.143. The monoisotopic (exact) mass is 232 g/mol. The Hall–Kier alpha value is -1.47. The molecule has 0 aliphatic rings. The van der Waals surface area contributed by atoms with E-state index in [0.717, 1.165) is 22.4 Å². The van der Waals surface area contributed by atoms with Gasteiger partial charge in [-0.25, -0.2) is 0 Å². The van der Waals surface area contributed by atoms with Gasteiger partial charge in [-0.15, -0.1) is 11.6 Å². The second-order valence-corrected chi connectivity index (χ2v) is 3.76. The SMILES string of the molecule is COc1ccccc1-c1ccccc1CCl. The van der Waals surface area contributed by atoms with Crippen LogP contribution in [0.1, 0.15) is 5.56 Å². The van der Waals surface area contributed by atoms with Crippen LogP contribution < -0.4 is 4.74 Å². The van der Waals surface area contributed by atoms with Gasteiger partial charge in [0.05, 0.1) is 7.11 Å². The zero-order valence-corrected chi connectivity index (χ0v) is 9.87. The molecule has 0 saturated carbocycles. The molecule has 0 fully saturated rings. The van der Waals surface area contributed by atoms with Gasteiger partial charge in [0.1, 0.15) is 5.75 Å². The maximum absolute atomic E-state index is 5.94. The van der Waals surface area contributed by atoms with Gasteiger partial charge in [0.15, 0.2) is 0 Å². The summed E-state index contributed by atoms with van der Waals surface area (Å²) < 4.78 is 5.36. The Morgan fingerprint density at radius 3 is 2.25 bits per heavy atom. The van der Waals surface area contributed by atoms with Crippen LogP contribution in [-0.2, 0) is 5.88 Å². The Morgan fingerprint density at radius 2 is 1.56 bits per heavy atom. The van der Waals surface area contributed by atoms with Crippen LogP contribution in [0.15, 0.2) is 48.5 Å². The zero-order chi connectivity index (χ0) is 11.4. The van der Waals surface area contributed by atoms with Gasteiger partial charge in [0.25, 0.3) is 0 Å². The van der Waals surface area contributed by atoms with Gasteiger partial charge >= 0.3 is 0 Å². The molecule has 0 amide bonds. The highest BCUT2D eigenvalue weighted by Crippen LogP contribution is 2.32. The molecule has 0 aliphatic heterocycles. The van der Waals surface area contributed by atoms with E-state index in [2.05, 4.69) is 6.07 Å². The molecule has 2 rings (SSSR count). The van der Waals surface area contributed by atoms with Gasteiger partial charge < -0.3 is 4.74 Å². The van der Waals surface area contributed by atoms with Crippen molar-refractivity contribution >= 4 is 11.6 Å². The predicted molar refractivity (Wildman–Crippen MR) is 68.0 cm³/mol. The number of methoxy groups -OCH3 is 1. The third-order valence-corrected chi connectivity index (χ3v) is 2.85. The van der Waals surface area contributed by atoms with Crippen LogP contribution in [0, 0.1) is 0 Å². The lowest BCUT2D eigenvalue weighted by atomic mass is 10.00. The summed E-state index contributed by atoms with van der Waals surface area (Å²) in [5, 5.41) is 0. The molecule has 0 radical (unpaired) electrons. The molecule has 16 heavy (non-hydrogen) atoms. The van der Waals surface area contributed by atoms with Crippen molar-refractivity contribution in [2.24, 2.45) is 0 Å². The van der Waals surface area contributed by atoms with E-state index < -0.39 is 0 Å². The van der Waals surface area contributed by atoms with E-state index >= 15 is 0 Å². The number of para-hydroxylation sites is 1. The maximum atomic E-state index is 5.94. The minimum absolute atomic E-state index is 0.508. The fourth-order valence-electron chi connectivity index (χ4n) is 1.77. The molecule has 0 unspecified atom stereocenters.